The summed E-state index contributed by atoms with van der Waals surface area (Å²) >= 11 is 0. The third-order valence-electron chi connectivity index (χ3n) is 3.16. The van der Waals surface area contributed by atoms with Crippen LogP contribution >= 0.6 is 0 Å². The van der Waals surface area contributed by atoms with E-state index < -0.39 is 9.84 Å². The van der Waals surface area contributed by atoms with Crippen LogP contribution in [0.25, 0.3) is 0 Å². The molecule has 1 saturated heterocycles. The van der Waals surface area contributed by atoms with Crippen molar-refractivity contribution in [1.82, 2.24) is 0 Å². The summed E-state index contributed by atoms with van der Waals surface area (Å²) in [6.45, 7) is 0. The molecule has 1 N–H and O–H groups in total. The largest absolute Gasteiger partial charge is 0.393 e. The summed E-state index contributed by atoms with van der Waals surface area (Å²) in [4.78, 5) is 0. The zero-order valence-corrected chi connectivity index (χ0v) is 7.76. The van der Waals surface area contributed by atoms with Gasteiger partial charge in [-0.2, -0.15) is 0 Å². The van der Waals surface area contributed by atoms with Crippen molar-refractivity contribution in [3.63, 3.8) is 0 Å². The number of sulfone groups is 1. The molecule has 0 radical (unpaired) electrons. The summed E-state index contributed by atoms with van der Waals surface area (Å²) in [6.07, 6.45) is 2.71. The normalized spacial score (nSPS) is 45.6. The maximum Gasteiger partial charge on any atom is 0.153 e. The second kappa shape index (κ2) is 2.70. The van der Waals surface area contributed by atoms with E-state index in [-0.39, 0.29) is 23.0 Å². The molecule has 1 aliphatic carbocycles. The molecule has 0 spiro atoms. The van der Waals surface area contributed by atoms with Crippen molar-refractivity contribution in [2.24, 2.45) is 5.92 Å². The Balaban J connectivity index is 2.28. The Morgan fingerprint density at radius 2 is 1.92 bits per heavy atom. The fourth-order valence-corrected chi connectivity index (χ4v) is 4.74. The molecule has 2 rings (SSSR count). The number of hydrogen-bond donors (Lipinski definition) is 1. The molecule has 0 aromatic rings. The zero-order valence-electron chi connectivity index (χ0n) is 6.94. The van der Waals surface area contributed by atoms with Crippen molar-refractivity contribution >= 4 is 9.84 Å². The number of hydrogen-bond acceptors (Lipinski definition) is 3. The lowest BCUT2D eigenvalue weighted by Gasteiger charge is -2.29. The van der Waals surface area contributed by atoms with Gasteiger partial charge < -0.3 is 5.11 Å². The lowest BCUT2D eigenvalue weighted by Crippen LogP contribution is -2.41. The van der Waals surface area contributed by atoms with Gasteiger partial charge in [0.2, 0.25) is 0 Å². The molecule has 3 nitrogen and oxygen atoms in total. The standard InChI is InChI=1S/C8H14O3S/c9-7-4-5-12(10,11)8-3-1-2-6(7)8/h6-9H,1-5H2/t6-,7-,8+/m1/s1. The van der Waals surface area contributed by atoms with Crippen molar-refractivity contribution in [2.75, 3.05) is 5.75 Å². The molecule has 70 valence electrons. The molecule has 0 aromatic heterocycles. The molecule has 2 aliphatic rings. The van der Waals surface area contributed by atoms with E-state index in [0.717, 1.165) is 19.3 Å². The van der Waals surface area contributed by atoms with E-state index in [9.17, 15) is 13.5 Å². The molecule has 1 heterocycles. The molecule has 4 heteroatoms. The van der Waals surface area contributed by atoms with Crippen molar-refractivity contribution in [1.29, 1.82) is 0 Å². The Morgan fingerprint density at radius 1 is 1.17 bits per heavy atom. The predicted molar refractivity (Wildman–Crippen MR) is 45.5 cm³/mol. The zero-order chi connectivity index (χ0) is 8.77. The summed E-state index contributed by atoms with van der Waals surface area (Å²) < 4.78 is 23.0. The van der Waals surface area contributed by atoms with Crippen molar-refractivity contribution < 1.29 is 13.5 Å². The Kier molecular flexibility index (Phi) is 1.92. The van der Waals surface area contributed by atoms with Gasteiger partial charge in [0.1, 0.15) is 0 Å². The van der Waals surface area contributed by atoms with Crippen LogP contribution in [0.4, 0.5) is 0 Å². The molecule has 0 amide bonds. The summed E-state index contributed by atoms with van der Waals surface area (Å²) in [5.74, 6) is 0.235. The molecular weight excluding hydrogens is 176 g/mol. The van der Waals surface area contributed by atoms with Crippen LogP contribution in [-0.2, 0) is 9.84 Å². The molecule has 0 aromatic carbocycles. The summed E-state index contributed by atoms with van der Waals surface area (Å²) in [5, 5.41) is 9.33. The van der Waals surface area contributed by atoms with Crippen LogP contribution in [0.5, 0.6) is 0 Å². The molecular formula is C8H14O3S. The number of fused-ring (bicyclic) bond motifs is 1. The first-order valence-corrected chi connectivity index (χ1v) is 6.22. The quantitative estimate of drug-likeness (QED) is 0.599. The number of rotatable bonds is 0. The highest BCUT2D eigenvalue weighted by molar-refractivity contribution is 7.92. The van der Waals surface area contributed by atoms with E-state index in [1.165, 1.54) is 0 Å². The maximum absolute atomic E-state index is 11.5. The first-order valence-electron chi connectivity index (χ1n) is 4.51. The first-order chi connectivity index (χ1) is 5.61. The summed E-state index contributed by atoms with van der Waals surface area (Å²) in [7, 11) is -2.85. The summed E-state index contributed by atoms with van der Waals surface area (Å²) in [6, 6.07) is 0. The van der Waals surface area contributed by atoms with Gasteiger partial charge in [0.25, 0.3) is 0 Å². The first kappa shape index (κ1) is 8.51. The van der Waals surface area contributed by atoms with E-state index in [1.807, 2.05) is 0 Å². The van der Waals surface area contributed by atoms with E-state index in [1.54, 1.807) is 0 Å². The van der Waals surface area contributed by atoms with Crippen LogP contribution in [0, 0.1) is 5.92 Å². The second-order valence-electron chi connectivity index (χ2n) is 3.86. The van der Waals surface area contributed by atoms with Gasteiger partial charge >= 0.3 is 0 Å². The Bertz CT molecular complexity index is 270. The van der Waals surface area contributed by atoms with Crippen molar-refractivity contribution in [3.8, 4) is 0 Å². The molecule has 1 saturated carbocycles. The SMILES string of the molecule is O=S1(=O)CC[C@@H](O)[C@H]2CCC[C@@H]21. The Labute approximate surface area is 72.7 Å². The second-order valence-corrected chi connectivity index (χ2v) is 6.20. The highest BCUT2D eigenvalue weighted by Gasteiger charge is 2.44. The van der Waals surface area contributed by atoms with E-state index in [0.29, 0.717) is 6.42 Å². The van der Waals surface area contributed by atoms with Crippen LogP contribution in [0.15, 0.2) is 0 Å². The fourth-order valence-electron chi connectivity index (χ4n) is 2.49. The van der Waals surface area contributed by atoms with Gasteiger partial charge in [-0.05, 0) is 19.3 Å². The average Bonchev–Trinajstić information content (AvgIpc) is 2.46. The van der Waals surface area contributed by atoms with Gasteiger partial charge in [0, 0.05) is 5.92 Å². The van der Waals surface area contributed by atoms with Crippen molar-refractivity contribution in [3.05, 3.63) is 0 Å². The lowest BCUT2D eigenvalue weighted by molar-refractivity contribution is 0.103. The van der Waals surface area contributed by atoms with E-state index >= 15 is 0 Å². The monoisotopic (exact) mass is 190 g/mol. The molecule has 3 atom stereocenters. The molecule has 0 bridgehead atoms. The molecule has 2 fully saturated rings. The third kappa shape index (κ3) is 1.17. The third-order valence-corrected chi connectivity index (χ3v) is 5.47. The van der Waals surface area contributed by atoms with Gasteiger partial charge in [-0.15, -0.1) is 0 Å². The Hall–Kier alpha value is -0.0900. The van der Waals surface area contributed by atoms with Gasteiger partial charge in [-0.3, -0.25) is 0 Å². The minimum atomic E-state index is -2.85. The summed E-state index contributed by atoms with van der Waals surface area (Å²) in [5.41, 5.74) is 0. The predicted octanol–water partition coefficient (Wildman–Crippen LogP) is 0.335. The molecule has 1 aliphatic heterocycles. The average molecular weight is 190 g/mol. The van der Waals surface area contributed by atoms with E-state index in [2.05, 4.69) is 0 Å². The maximum atomic E-state index is 11.5. The highest BCUT2D eigenvalue weighted by atomic mass is 32.2. The van der Waals surface area contributed by atoms with Crippen LogP contribution in [-0.4, -0.2) is 30.6 Å². The number of aliphatic hydroxyl groups is 1. The number of aliphatic hydroxyl groups excluding tert-OH is 1. The van der Waals surface area contributed by atoms with Gasteiger partial charge in [-0.1, -0.05) is 6.42 Å². The lowest BCUT2D eigenvalue weighted by atomic mass is 9.98. The topological polar surface area (TPSA) is 54.4 Å². The minimum Gasteiger partial charge on any atom is -0.393 e. The molecule has 12 heavy (non-hydrogen) atoms. The fraction of sp³-hybridized carbons (Fsp3) is 1.00. The highest BCUT2D eigenvalue weighted by Crippen LogP contribution is 2.38. The van der Waals surface area contributed by atoms with Crippen molar-refractivity contribution in [2.45, 2.75) is 37.0 Å². The smallest absolute Gasteiger partial charge is 0.153 e. The minimum absolute atomic E-state index is 0.0451. The van der Waals surface area contributed by atoms with Crippen LogP contribution in [0.3, 0.4) is 0 Å². The Morgan fingerprint density at radius 3 is 2.58 bits per heavy atom. The van der Waals surface area contributed by atoms with Crippen LogP contribution in [0.2, 0.25) is 0 Å². The van der Waals surface area contributed by atoms with Gasteiger partial charge in [0.05, 0.1) is 17.1 Å². The van der Waals surface area contributed by atoms with Crippen LogP contribution < -0.4 is 0 Å². The molecule has 0 unspecified atom stereocenters. The van der Waals surface area contributed by atoms with Gasteiger partial charge in [-0.25, -0.2) is 8.42 Å². The van der Waals surface area contributed by atoms with Crippen LogP contribution in [0.1, 0.15) is 25.7 Å². The van der Waals surface area contributed by atoms with E-state index in [4.69, 9.17) is 0 Å². The van der Waals surface area contributed by atoms with Gasteiger partial charge in [0.15, 0.2) is 9.84 Å².